The number of benzene rings is 3. The molecule has 1 saturated heterocycles. The third kappa shape index (κ3) is 9.16. The number of aromatic nitrogens is 1. The fourth-order valence-electron chi connectivity index (χ4n) is 5.60. The van der Waals surface area contributed by atoms with E-state index in [0.717, 1.165) is 17.5 Å². The molecule has 4 aromatic rings. The summed E-state index contributed by atoms with van der Waals surface area (Å²) in [5.41, 5.74) is 4.49. The van der Waals surface area contributed by atoms with Crippen LogP contribution in [0.5, 0.6) is 0 Å². The summed E-state index contributed by atoms with van der Waals surface area (Å²) in [6, 6.07) is 24.2. The normalized spacial score (nSPS) is 13.6. The fraction of sp³-hybridized carbons (Fsp3) is 0.250. The summed E-state index contributed by atoms with van der Waals surface area (Å²) >= 11 is 0. The first kappa shape index (κ1) is 32.7. The van der Waals surface area contributed by atoms with E-state index in [0.29, 0.717) is 55.2 Å². The van der Waals surface area contributed by atoms with E-state index in [1.54, 1.807) is 42.6 Å². The van der Waals surface area contributed by atoms with E-state index in [4.69, 9.17) is 0 Å². The Kier molecular flexibility index (Phi) is 10.8. The number of hydrogen-bond acceptors (Lipinski definition) is 6. The molecule has 0 aliphatic carbocycles. The minimum absolute atomic E-state index is 0.0606. The molecule has 242 valence electrons. The van der Waals surface area contributed by atoms with Gasteiger partial charge < -0.3 is 30.9 Å². The fourth-order valence-corrected chi connectivity index (χ4v) is 5.60. The van der Waals surface area contributed by atoms with Crippen molar-refractivity contribution in [2.75, 3.05) is 41.7 Å². The van der Waals surface area contributed by atoms with Crippen molar-refractivity contribution < 1.29 is 24.3 Å². The van der Waals surface area contributed by atoms with Gasteiger partial charge in [-0.15, -0.1) is 0 Å². The summed E-state index contributed by atoms with van der Waals surface area (Å²) in [6.45, 7) is 4.21. The third-order valence-electron chi connectivity index (χ3n) is 7.94. The Morgan fingerprint density at radius 3 is 2.45 bits per heavy atom. The first-order chi connectivity index (χ1) is 22.7. The number of urea groups is 1. The van der Waals surface area contributed by atoms with E-state index in [-0.39, 0.29) is 17.9 Å². The van der Waals surface area contributed by atoms with E-state index in [2.05, 4.69) is 25.8 Å². The van der Waals surface area contributed by atoms with Gasteiger partial charge in [0.15, 0.2) is 0 Å². The van der Waals surface area contributed by atoms with Crippen molar-refractivity contribution in [2.24, 2.45) is 0 Å². The zero-order valence-electron chi connectivity index (χ0n) is 26.2. The number of aliphatic carboxylic acids is 1. The number of pyridine rings is 1. The van der Waals surface area contributed by atoms with Crippen LogP contribution in [0.4, 0.5) is 21.9 Å². The molecule has 1 aliphatic heterocycles. The maximum Gasteiger partial charge on any atom is 0.323 e. The molecular formula is C36H38N6O5. The van der Waals surface area contributed by atoms with Gasteiger partial charge in [0.2, 0.25) is 5.91 Å². The standard InChI is InChI=1S/C36H38N6O5/c1-25-8-5-12-29(20-25)38-36(47)40-31-22-27(35(46)39-30(23-34(44)45)28-11-6-15-37-24-28)13-14-32(31)41-16-7-17-42(19-18-41)33(43)21-26-9-3-2-4-10-26/h2-6,8-15,20,22,24,30H,7,16-19,21,23H2,1H3,(H,39,46)(H,44,45)(H2,38,40,47). The van der Waals surface area contributed by atoms with Gasteiger partial charge in [-0.2, -0.15) is 0 Å². The summed E-state index contributed by atoms with van der Waals surface area (Å²) in [5, 5.41) is 18.1. The quantitative estimate of drug-likeness (QED) is 0.186. The van der Waals surface area contributed by atoms with Crippen LogP contribution < -0.4 is 20.9 Å². The average Bonchev–Trinajstić information content (AvgIpc) is 3.32. The Bertz CT molecular complexity index is 1720. The molecule has 1 atom stereocenters. The monoisotopic (exact) mass is 634 g/mol. The van der Waals surface area contributed by atoms with Crippen molar-refractivity contribution in [1.82, 2.24) is 15.2 Å². The maximum atomic E-state index is 13.5. The summed E-state index contributed by atoms with van der Waals surface area (Å²) in [7, 11) is 0. The van der Waals surface area contributed by atoms with Crippen molar-refractivity contribution in [3.63, 3.8) is 0 Å². The molecule has 4 amide bonds. The molecule has 0 saturated carbocycles. The van der Waals surface area contributed by atoms with Gasteiger partial charge >= 0.3 is 12.0 Å². The van der Waals surface area contributed by atoms with E-state index in [1.807, 2.05) is 60.4 Å². The van der Waals surface area contributed by atoms with Crippen LogP contribution in [0.1, 0.15) is 45.9 Å². The van der Waals surface area contributed by atoms with E-state index in [9.17, 15) is 24.3 Å². The van der Waals surface area contributed by atoms with Crippen molar-refractivity contribution in [3.05, 3.63) is 120 Å². The predicted octanol–water partition coefficient (Wildman–Crippen LogP) is 5.26. The van der Waals surface area contributed by atoms with Crippen molar-refractivity contribution in [3.8, 4) is 0 Å². The molecule has 5 rings (SSSR count). The number of carbonyl (C=O) groups is 4. The Labute approximate surface area is 273 Å². The lowest BCUT2D eigenvalue weighted by Gasteiger charge is -2.27. The molecule has 3 aromatic carbocycles. The van der Waals surface area contributed by atoms with Crippen molar-refractivity contribution in [1.29, 1.82) is 0 Å². The lowest BCUT2D eigenvalue weighted by molar-refractivity contribution is -0.137. The highest BCUT2D eigenvalue weighted by atomic mass is 16.4. The van der Waals surface area contributed by atoms with E-state index in [1.165, 1.54) is 6.20 Å². The lowest BCUT2D eigenvalue weighted by Crippen LogP contribution is -2.36. The molecule has 0 spiro atoms. The number of carboxylic acid groups (broad SMARTS) is 1. The number of carboxylic acids is 1. The maximum absolute atomic E-state index is 13.5. The Hall–Kier alpha value is -5.71. The zero-order chi connectivity index (χ0) is 33.2. The first-order valence-electron chi connectivity index (χ1n) is 15.5. The second-order valence-corrected chi connectivity index (χ2v) is 11.5. The van der Waals surface area contributed by atoms with Crippen LogP contribution in [0.3, 0.4) is 0 Å². The number of rotatable bonds is 10. The average molecular weight is 635 g/mol. The van der Waals surface area contributed by atoms with Crippen LogP contribution in [0.25, 0.3) is 0 Å². The second kappa shape index (κ2) is 15.5. The number of nitrogens with one attached hydrogen (secondary N) is 3. The van der Waals surface area contributed by atoms with Crippen LogP contribution in [0.2, 0.25) is 0 Å². The smallest absolute Gasteiger partial charge is 0.323 e. The van der Waals surface area contributed by atoms with E-state index < -0.39 is 23.9 Å². The summed E-state index contributed by atoms with van der Waals surface area (Å²) in [4.78, 5) is 59.4. The molecule has 11 heteroatoms. The lowest BCUT2D eigenvalue weighted by atomic mass is 10.0. The molecule has 11 nitrogen and oxygen atoms in total. The molecule has 1 fully saturated rings. The molecule has 4 N–H and O–H groups in total. The number of anilines is 3. The number of carbonyl (C=O) groups excluding carboxylic acids is 3. The topological polar surface area (TPSA) is 144 Å². The Morgan fingerprint density at radius 1 is 0.872 bits per heavy atom. The number of nitrogens with zero attached hydrogens (tertiary/aromatic N) is 3. The van der Waals surface area contributed by atoms with Gasteiger partial charge in [-0.05, 0) is 66.4 Å². The molecule has 1 aromatic heterocycles. The highest BCUT2D eigenvalue weighted by Crippen LogP contribution is 2.30. The van der Waals surface area contributed by atoms with Crippen molar-refractivity contribution in [2.45, 2.75) is 32.2 Å². The number of aryl methyl sites for hydroxylation is 1. The van der Waals surface area contributed by atoms with Gasteiger partial charge in [-0.1, -0.05) is 48.5 Å². The van der Waals surface area contributed by atoms with Crippen LogP contribution in [0, 0.1) is 6.92 Å². The molecule has 0 radical (unpaired) electrons. The second-order valence-electron chi connectivity index (χ2n) is 11.5. The summed E-state index contributed by atoms with van der Waals surface area (Å²) in [6.07, 6.45) is 3.82. The van der Waals surface area contributed by atoms with Gasteiger partial charge in [0.05, 0.1) is 30.3 Å². The van der Waals surface area contributed by atoms with Gasteiger partial charge in [0.1, 0.15) is 0 Å². The van der Waals surface area contributed by atoms with Gasteiger partial charge in [0, 0.05) is 49.8 Å². The minimum atomic E-state index is -1.07. The van der Waals surface area contributed by atoms with Crippen LogP contribution in [-0.2, 0) is 16.0 Å². The van der Waals surface area contributed by atoms with Crippen LogP contribution in [-0.4, -0.2) is 65.0 Å². The predicted molar refractivity (Wildman–Crippen MR) is 181 cm³/mol. The Morgan fingerprint density at radius 2 is 1.70 bits per heavy atom. The summed E-state index contributed by atoms with van der Waals surface area (Å²) in [5.74, 6) is -1.50. The van der Waals surface area contributed by atoms with Crippen LogP contribution >= 0.6 is 0 Å². The molecule has 47 heavy (non-hydrogen) atoms. The molecule has 0 bridgehead atoms. The zero-order valence-corrected chi connectivity index (χ0v) is 26.2. The van der Waals surface area contributed by atoms with E-state index >= 15 is 0 Å². The van der Waals surface area contributed by atoms with Crippen molar-refractivity contribution >= 4 is 40.9 Å². The largest absolute Gasteiger partial charge is 0.481 e. The highest BCUT2D eigenvalue weighted by Gasteiger charge is 2.24. The molecular weight excluding hydrogens is 596 g/mol. The summed E-state index contributed by atoms with van der Waals surface area (Å²) < 4.78 is 0. The number of amides is 4. The molecule has 1 aliphatic rings. The molecule has 1 unspecified atom stereocenters. The van der Waals surface area contributed by atoms with Gasteiger partial charge in [-0.3, -0.25) is 19.4 Å². The third-order valence-corrected chi connectivity index (χ3v) is 7.94. The molecule has 2 heterocycles. The van der Waals surface area contributed by atoms with Crippen LogP contribution in [0.15, 0.2) is 97.3 Å². The minimum Gasteiger partial charge on any atom is -0.481 e. The number of hydrogen-bond donors (Lipinski definition) is 4. The SMILES string of the molecule is Cc1cccc(NC(=O)Nc2cc(C(=O)NC(CC(=O)O)c3cccnc3)ccc2N2CCCN(C(=O)Cc3ccccc3)CC2)c1. The van der Waals surface area contributed by atoms with Gasteiger partial charge in [0.25, 0.3) is 5.91 Å². The highest BCUT2D eigenvalue weighted by molar-refractivity contribution is 6.04. The Balaban J connectivity index is 1.37. The first-order valence-corrected chi connectivity index (χ1v) is 15.5. The van der Waals surface area contributed by atoms with Gasteiger partial charge in [-0.25, -0.2) is 4.79 Å².